The molecular weight excluding hydrogens is 437 g/mol. The van der Waals surface area contributed by atoms with Crippen molar-refractivity contribution < 1.29 is 29.3 Å². The molecule has 0 fully saturated rings. The van der Waals surface area contributed by atoms with Gasteiger partial charge in [-0.15, -0.1) is 23.2 Å². The van der Waals surface area contributed by atoms with Crippen molar-refractivity contribution in [3.63, 3.8) is 0 Å². The highest BCUT2D eigenvalue weighted by Crippen LogP contribution is 2.29. The maximum Gasteiger partial charge on any atom is 0.408 e. The first-order valence-corrected chi connectivity index (χ1v) is 10.8. The average molecular weight is 468 g/mol. The van der Waals surface area contributed by atoms with Crippen LogP contribution in [0, 0.1) is 0 Å². The molecule has 4 N–H and O–H groups in total. The zero-order valence-corrected chi connectivity index (χ0v) is 19.1. The Morgan fingerprint density at radius 2 is 1.80 bits per heavy atom. The van der Waals surface area contributed by atoms with Crippen LogP contribution in [0.5, 0.6) is 17.5 Å². The zero-order valence-electron chi connectivity index (χ0n) is 17.5. The molecule has 0 radical (unpaired) electrons. The smallest absolute Gasteiger partial charge is 0.408 e. The number of amides is 1. The molecule has 11 heteroatoms. The van der Waals surface area contributed by atoms with Gasteiger partial charge in [-0.2, -0.15) is 0 Å². The van der Waals surface area contributed by atoms with Crippen molar-refractivity contribution in [3.05, 3.63) is 6.07 Å². The van der Waals surface area contributed by atoms with Crippen molar-refractivity contribution in [1.82, 2.24) is 15.2 Å². The van der Waals surface area contributed by atoms with Crippen LogP contribution < -0.4 is 10.1 Å². The summed E-state index contributed by atoms with van der Waals surface area (Å²) in [6.07, 6.45) is 0.909. The van der Waals surface area contributed by atoms with E-state index < -0.39 is 29.6 Å². The number of aromatic amines is 1. The minimum atomic E-state index is -0.995. The number of unbranched alkanes of at least 4 members (excludes halogenated alkanes) is 1. The first-order valence-electron chi connectivity index (χ1n) is 9.72. The number of aromatic nitrogens is 1. The second kappa shape index (κ2) is 12.8. The SMILES string of the molecule is CC(C)(C)OC(=O)N[C@@H](CCCCN(CCCl)CCCl)C(=O)Oc1cc(O)[nH]c1O. The molecule has 0 aliphatic rings. The fourth-order valence-electron chi connectivity index (χ4n) is 2.63. The number of rotatable bonds is 12. The minimum absolute atomic E-state index is 0.233. The summed E-state index contributed by atoms with van der Waals surface area (Å²) in [6, 6.07) is 0.0688. The molecule has 1 heterocycles. The van der Waals surface area contributed by atoms with Crippen LogP contribution in [0.4, 0.5) is 4.79 Å². The summed E-state index contributed by atoms with van der Waals surface area (Å²) in [4.78, 5) is 29.0. The third-order valence-electron chi connectivity index (χ3n) is 3.95. The molecule has 30 heavy (non-hydrogen) atoms. The normalized spacial score (nSPS) is 12.6. The molecule has 1 atom stereocenters. The summed E-state index contributed by atoms with van der Waals surface area (Å²) in [6.45, 7) is 7.31. The van der Waals surface area contributed by atoms with Crippen LogP contribution in [0.15, 0.2) is 6.07 Å². The van der Waals surface area contributed by atoms with E-state index in [0.717, 1.165) is 19.0 Å². The Hall–Kier alpha value is -1.84. The van der Waals surface area contributed by atoms with Gasteiger partial charge in [0.15, 0.2) is 11.6 Å². The van der Waals surface area contributed by atoms with E-state index in [2.05, 4.69) is 15.2 Å². The van der Waals surface area contributed by atoms with Gasteiger partial charge in [-0.1, -0.05) is 0 Å². The van der Waals surface area contributed by atoms with E-state index in [9.17, 15) is 19.8 Å². The van der Waals surface area contributed by atoms with Gasteiger partial charge in [-0.25, -0.2) is 9.59 Å². The van der Waals surface area contributed by atoms with E-state index in [1.165, 1.54) is 0 Å². The molecule has 0 aliphatic heterocycles. The molecule has 0 unspecified atom stereocenters. The Labute approximate surface area is 186 Å². The number of ether oxygens (including phenoxy) is 2. The van der Waals surface area contributed by atoms with Crippen LogP contribution >= 0.6 is 23.2 Å². The molecule has 0 spiro atoms. The molecule has 0 bridgehead atoms. The van der Waals surface area contributed by atoms with Gasteiger partial charge in [0, 0.05) is 30.9 Å². The number of carbonyl (C=O) groups excluding carboxylic acids is 2. The van der Waals surface area contributed by atoms with Crippen LogP contribution in [0.25, 0.3) is 0 Å². The lowest BCUT2D eigenvalue weighted by molar-refractivity contribution is -0.137. The van der Waals surface area contributed by atoms with Gasteiger partial charge in [-0.05, 0) is 46.6 Å². The van der Waals surface area contributed by atoms with Gasteiger partial charge in [-0.3, -0.25) is 4.98 Å². The first kappa shape index (κ1) is 26.2. The molecule has 9 nitrogen and oxygen atoms in total. The molecule has 1 aromatic heterocycles. The number of carbonyl (C=O) groups is 2. The third kappa shape index (κ3) is 10.3. The molecule has 1 amide bonds. The lowest BCUT2D eigenvalue weighted by atomic mass is 10.1. The predicted octanol–water partition coefficient (Wildman–Crippen LogP) is 3.17. The topological polar surface area (TPSA) is 124 Å². The van der Waals surface area contributed by atoms with E-state index in [1.54, 1.807) is 20.8 Å². The van der Waals surface area contributed by atoms with Crippen LogP contribution in [-0.4, -0.2) is 75.2 Å². The second-order valence-corrected chi connectivity index (χ2v) is 8.46. The number of hydrogen-bond donors (Lipinski definition) is 4. The third-order valence-corrected chi connectivity index (χ3v) is 4.29. The fraction of sp³-hybridized carbons (Fsp3) is 0.684. The first-order chi connectivity index (χ1) is 14.1. The van der Waals surface area contributed by atoms with Gasteiger partial charge < -0.3 is 29.9 Å². The van der Waals surface area contributed by atoms with Crippen LogP contribution in [0.2, 0.25) is 0 Å². The van der Waals surface area contributed by atoms with Crippen molar-refractivity contribution in [2.45, 2.75) is 51.7 Å². The van der Waals surface area contributed by atoms with Crippen molar-refractivity contribution in [2.24, 2.45) is 0 Å². The molecule has 0 aromatic carbocycles. The van der Waals surface area contributed by atoms with Gasteiger partial charge >= 0.3 is 12.1 Å². The van der Waals surface area contributed by atoms with Crippen molar-refractivity contribution in [3.8, 4) is 17.5 Å². The van der Waals surface area contributed by atoms with E-state index in [0.29, 0.717) is 37.7 Å². The van der Waals surface area contributed by atoms with Gasteiger partial charge in [0.1, 0.15) is 11.6 Å². The number of nitrogens with zero attached hydrogens (tertiary/aromatic N) is 1. The largest absolute Gasteiger partial charge is 0.494 e. The number of alkyl carbamates (subject to hydrolysis) is 1. The lowest BCUT2D eigenvalue weighted by Gasteiger charge is -2.23. The highest BCUT2D eigenvalue weighted by atomic mass is 35.5. The van der Waals surface area contributed by atoms with E-state index in [-0.39, 0.29) is 11.6 Å². The maximum absolute atomic E-state index is 12.6. The minimum Gasteiger partial charge on any atom is -0.494 e. The summed E-state index contributed by atoms with van der Waals surface area (Å²) in [5, 5.41) is 21.5. The van der Waals surface area contributed by atoms with Crippen molar-refractivity contribution in [2.75, 3.05) is 31.4 Å². The summed E-state index contributed by atoms with van der Waals surface area (Å²) in [7, 11) is 0. The predicted molar refractivity (Wildman–Crippen MR) is 115 cm³/mol. The summed E-state index contributed by atoms with van der Waals surface area (Å²) < 4.78 is 10.3. The standard InChI is InChI=1S/C19H31Cl2N3O6/c1-19(2,3)30-18(28)22-13(6-4-5-9-24(10-7-20)11-8-21)17(27)29-14-12-15(25)23-16(14)26/h12-13,23,25-26H,4-11H2,1-3H3,(H,22,28)/t13-/m0/s1. The monoisotopic (exact) mass is 467 g/mol. The molecular formula is C19H31Cl2N3O6. The Balaban J connectivity index is 2.70. The number of nitrogens with one attached hydrogen (secondary N) is 2. The molecule has 1 rings (SSSR count). The molecule has 172 valence electrons. The lowest BCUT2D eigenvalue weighted by Crippen LogP contribution is -2.45. The number of H-pyrrole nitrogens is 1. The van der Waals surface area contributed by atoms with E-state index in [4.69, 9.17) is 32.7 Å². The second-order valence-electron chi connectivity index (χ2n) is 7.70. The number of alkyl halides is 2. The maximum atomic E-state index is 12.6. The van der Waals surface area contributed by atoms with Crippen LogP contribution in [-0.2, 0) is 9.53 Å². The van der Waals surface area contributed by atoms with E-state index in [1.807, 2.05) is 0 Å². The van der Waals surface area contributed by atoms with E-state index >= 15 is 0 Å². The highest BCUT2D eigenvalue weighted by molar-refractivity contribution is 6.18. The number of esters is 1. The number of halogens is 2. The summed E-state index contributed by atoms with van der Waals surface area (Å²) in [5.74, 6) is -0.865. The van der Waals surface area contributed by atoms with Crippen LogP contribution in [0.1, 0.15) is 40.0 Å². The Morgan fingerprint density at radius 3 is 2.30 bits per heavy atom. The Morgan fingerprint density at radius 1 is 1.17 bits per heavy atom. The van der Waals surface area contributed by atoms with Gasteiger partial charge in [0.2, 0.25) is 5.88 Å². The highest BCUT2D eigenvalue weighted by Gasteiger charge is 2.27. The molecule has 1 aromatic rings. The zero-order chi connectivity index (χ0) is 22.7. The molecule has 0 saturated carbocycles. The molecule has 0 aliphatic carbocycles. The quantitative estimate of drug-likeness (QED) is 0.211. The summed E-state index contributed by atoms with van der Waals surface area (Å²) in [5.41, 5.74) is -0.729. The van der Waals surface area contributed by atoms with Crippen LogP contribution in [0.3, 0.4) is 0 Å². The van der Waals surface area contributed by atoms with Crippen molar-refractivity contribution >= 4 is 35.3 Å². The van der Waals surface area contributed by atoms with Gasteiger partial charge in [0.05, 0.1) is 0 Å². The van der Waals surface area contributed by atoms with Gasteiger partial charge in [0.25, 0.3) is 0 Å². The summed E-state index contributed by atoms with van der Waals surface area (Å²) >= 11 is 11.6. The Bertz CT molecular complexity index is 672. The Kier molecular flexibility index (Phi) is 11.1. The number of hydrogen-bond acceptors (Lipinski definition) is 7. The average Bonchev–Trinajstić information content (AvgIpc) is 2.93. The molecule has 0 saturated heterocycles. The van der Waals surface area contributed by atoms with Crippen molar-refractivity contribution in [1.29, 1.82) is 0 Å². The number of aromatic hydroxyl groups is 2. The fourth-order valence-corrected chi connectivity index (χ4v) is 3.10.